The van der Waals surface area contributed by atoms with Crippen molar-refractivity contribution >= 4 is 15.8 Å². The lowest BCUT2D eigenvalue weighted by molar-refractivity contribution is 0.553. The van der Waals surface area contributed by atoms with Crippen LogP contribution in [0.3, 0.4) is 0 Å². The monoisotopic (exact) mass is 311 g/mol. The fraction of sp³-hybridized carbons (Fsp3) is 0.357. The van der Waals surface area contributed by atoms with Gasteiger partial charge in [0.15, 0.2) is 0 Å². The highest BCUT2D eigenvalue weighted by Crippen LogP contribution is 2.25. The summed E-state index contributed by atoms with van der Waals surface area (Å²) in [6.45, 7) is 5.96. The van der Waals surface area contributed by atoms with E-state index in [2.05, 4.69) is 9.82 Å². The van der Waals surface area contributed by atoms with Crippen LogP contribution >= 0.6 is 0 Å². The zero-order valence-electron chi connectivity index (χ0n) is 12.4. The van der Waals surface area contributed by atoms with Crippen molar-refractivity contribution in [2.45, 2.75) is 31.1 Å². The molecule has 1 aromatic heterocycles. The maximum absolute atomic E-state index is 13.2. The summed E-state index contributed by atoms with van der Waals surface area (Å²) in [5.74, 6) is -0.262. The van der Waals surface area contributed by atoms with E-state index in [-0.39, 0.29) is 10.3 Å². The van der Waals surface area contributed by atoms with Gasteiger partial charge in [-0.05, 0) is 18.2 Å². The molecule has 2 aromatic rings. The van der Waals surface area contributed by atoms with E-state index in [0.29, 0.717) is 5.82 Å². The molecule has 0 bridgehead atoms. The Kier molecular flexibility index (Phi) is 3.79. The van der Waals surface area contributed by atoms with Gasteiger partial charge < -0.3 is 0 Å². The third-order valence-corrected chi connectivity index (χ3v) is 4.35. The van der Waals surface area contributed by atoms with Gasteiger partial charge in [-0.3, -0.25) is 9.40 Å². The molecule has 5 nitrogen and oxygen atoms in total. The number of rotatable bonds is 3. The second-order valence-corrected chi connectivity index (χ2v) is 7.53. The first-order valence-corrected chi connectivity index (χ1v) is 7.91. The highest BCUT2D eigenvalue weighted by Gasteiger charge is 2.22. The predicted octanol–water partition coefficient (Wildman–Crippen LogP) is 2.66. The van der Waals surface area contributed by atoms with E-state index in [4.69, 9.17) is 0 Å². The molecular formula is C14H18FN3O2S. The topological polar surface area (TPSA) is 64.0 Å². The molecule has 7 heteroatoms. The van der Waals surface area contributed by atoms with E-state index in [1.807, 2.05) is 20.8 Å². The van der Waals surface area contributed by atoms with Crippen LogP contribution in [-0.2, 0) is 22.5 Å². The Morgan fingerprint density at radius 1 is 1.24 bits per heavy atom. The lowest BCUT2D eigenvalue weighted by atomic mass is 9.92. The van der Waals surface area contributed by atoms with E-state index in [1.54, 1.807) is 13.1 Å². The smallest absolute Gasteiger partial charge is 0.263 e. The average Bonchev–Trinajstić information content (AvgIpc) is 2.70. The van der Waals surface area contributed by atoms with Gasteiger partial charge in [0.2, 0.25) is 0 Å². The van der Waals surface area contributed by atoms with Crippen LogP contribution in [0.2, 0.25) is 0 Å². The van der Waals surface area contributed by atoms with Gasteiger partial charge >= 0.3 is 0 Å². The lowest BCUT2D eigenvalue weighted by Crippen LogP contribution is -2.15. The largest absolute Gasteiger partial charge is 0.264 e. The van der Waals surface area contributed by atoms with Crippen LogP contribution in [0.4, 0.5) is 10.2 Å². The molecule has 21 heavy (non-hydrogen) atoms. The van der Waals surface area contributed by atoms with Crippen LogP contribution in [-0.4, -0.2) is 18.2 Å². The minimum atomic E-state index is -3.84. The van der Waals surface area contributed by atoms with Crippen molar-refractivity contribution in [1.29, 1.82) is 0 Å². The number of hydrogen-bond donors (Lipinski definition) is 1. The van der Waals surface area contributed by atoms with E-state index in [1.165, 1.54) is 22.9 Å². The summed E-state index contributed by atoms with van der Waals surface area (Å²) < 4.78 is 41.5. The number of halogens is 1. The fourth-order valence-corrected chi connectivity index (χ4v) is 2.87. The number of benzene rings is 1. The van der Waals surface area contributed by atoms with Crippen molar-refractivity contribution in [1.82, 2.24) is 9.78 Å². The Morgan fingerprint density at radius 3 is 2.43 bits per heavy atom. The molecular weight excluding hydrogens is 293 g/mol. The molecule has 0 unspecified atom stereocenters. The lowest BCUT2D eigenvalue weighted by Gasteiger charge is -2.13. The molecule has 0 radical (unpaired) electrons. The van der Waals surface area contributed by atoms with E-state index < -0.39 is 15.8 Å². The minimum absolute atomic E-state index is 0.124. The number of aromatic nitrogens is 2. The maximum Gasteiger partial charge on any atom is 0.263 e. The molecule has 1 N–H and O–H groups in total. The molecule has 0 fully saturated rings. The summed E-state index contributed by atoms with van der Waals surface area (Å²) in [7, 11) is -2.19. The number of anilines is 1. The van der Waals surface area contributed by atoms with Gasteiger partial charge in [-0.25, -0.2) is 12.8 Å². The highest BCUT2D eigenvalue weighted by atomic mass is 32.2. The van der Waals surface area contributed by atoms with Crippen LogP contribution in [0.5, 0.6) is 0 Å². The van der Waals surface area contributed by atoms with Crippen molar-refractivity contribution in [3.05, 3.63) is 41.8 Å². The Balaban J connectivity index is 2.36. The molecule has 0 aliphatic heterocycles. The molecule has 0 aliphatic rings. The number of aryl methyl sites for hydroxylation is 1. The first-order chi connectivity index (χ1) is 9.59. The molecule has 0 aliphatic carbocycles. The summed E-state index contributed by atoms with van der Waals surface area (Å²) in [6.07, 6.45) is 0. The molecule has 2 rings (SSSR count). The van der Waals surface area contributed by atoms with Gasteiger partial charge in [0, 0.05) is 18.5 Å². The molecule has 0 saturated heterocycles. The zero-order valence-corrected chi connectivity index (χ0v) is 13.2. The van der Waals surface area contributed by atoms with E-state index in [9.17, 15) is 12.8 Å². The van der Waals surface area contributed by atoms with Crippen molar-refractivity contribution in [3.63, 3.8) is 0 Å². The zero-order chi connectivity index (χ0) is 15.8. The molecule has 1 aromatic carbocycles. The summed E-state index contributed by atoms with van der Waals surface area (Å²) in [5.41, 5.74) is 0.572. The van der Waals surface area contributed by atoms with Crippen molar-refractivity contribution < 1.29 is 12.8 Å². The third-order valence-electron chi connectivity index (χ3n) is 2.99. The first kappa shape index (κ1) is 15.5. The van der Waals surface area contributed by atoms with Crippen LogP contribution < -0.4 is 4.72 Å². The van der Waals surface area contributed by atoms with Crippen molar-refractivity contribution in [2.75, 3.05) is 4.72 Å². The van der Waals surface area contributed by atoms with Crippen molar-refractivity contribution in [3.8, 4) is 0 Å². The number of nitrogens with zero attached hydrogens (tertiary/aromatic N) is 2. The van der Waals surface area contributed by atoms with Gasteiger partial charge in [0.25, 0.3) is 10.0 Å². The molecule has 0 atom stereocenters. The summed E-state index contributed by atoms with van der Waals surface area (Å²) in [4.78, 5) is -0.124. The molecule has 114 valence electrons. The van der Waals surface area contributed by atoms with Gasteiger partial charge in [-0.2, -0.15) is 5.10 Å². The Labute approximate surface area is 123 Å². The number of nitrogens with one attached hydrogen (secondary N) is 1. The molecule has 0 spiro atoms. The Morgan fingerprint density at radius 2 is 1.90 bits per heavy atom. The standard InChI is InChI=1S/C14H18FN3O2S/c1-14(2,3)12-9-13(18(4)16-12)17-21(19,20)11-7-5-6-10(15)8-11/h5-9,17H,1-4H3. The summed E-state index contributed by atoms with van der Waals surface area (Å²) in [6, 6.07) is 6.54. The van der Waals surface area contributed by atoms with Crippen LogP contribution in [0.25, 0.3) is 0 Å². The second-order valence-electron chi connectivity index (χ2n) is 5.85. The number of sulfonamides is 1. The molecule has 1 heterocycles. The van der Waals surface area contributed by atoms with Gasteiger partial charge in [-0.1, -0.05) is 26.8 Å². The number of hydrogen-bond acceptors (Lipinski definition) is 3. The predicted molar refractivity (Wildman–Crippen MR) is 79.1 cm³/mol. The summed E-state index contributed by atoms with van der Waals surface area (Å²) >= 11 is 0. The third kappa shape index (κ3) is 3.41. The van der Waals surface area contributed by atoms with Crippen LogP contribution in [0, 0.1) is 5.82 Å². The van der Waals surface area contributed by atoms with Gasteiger partial charge in [0.05, 0.1) is 10.6 Å². The van der Waals surface area contributed by atoms with Gasteiger partial charge in [-0.15, -0.1) is 0 Å². The minimum Gasteiger partial charge on any atom is -0.264 e. The highest BCUT2D eigenvalue weighted by molar-refractivity contribution is 7.92. The SMILES string of the molecule is Cn1nc(C(C)(C)C)cc1NS(=O)(=O)c1cccc(F)c1. The maximum atomic E-state index is 13.2. The quantitative estimate of drug-likeness (QED) is 0.948. The Hall–Kier alpha value is -1.89. The second kappa shape index (κ2) is 5.14. The van der Waals surface area contributed by atoms with Crippen LogP contribution in [0.15, 0.2) is 35.2 Å². The van der Waals surface area contributed by atoms with E-state index >= 15 is 0 Å². The van der Waals surface area contributed by atoms with Crippen LogP contribution in [0.1, 0.15) is 26.5 Å². The average molecular weight is 311 g/mol. The van der Waals surface area contributed by atoms with E-state index in [0.717, 1.165) is 11.8 Å². The Bertz CT molecular complexity index is 761. The van der Waals surface area contributed by atoms with Gasteiger partial charge in [0.1, 0.15) is 11.6 Å². The normalized spacial score (nSPS) is 12.4. The fourth-order valence-electron chi connectivity index (χ4n) is 1.76. The molecule has 0 saturated carbocycles. The first-order valence-electron chi connectivity index (χ1n) is 6.42. The van der Waals surface area contributed by atoms with Crippen molar-refractivity contribution in [2.24, 2.45) is 7.05 Å². The summed E-state index contributed by atoms with van der Waals surface area (Å²) in [5, 5.41) is 4.29. The molecule has 0 amide bonds.